The standard InChI is InChI=1S/C13H12F2O6S/c1-5-4-8-6(2)10(12(17)21-8)9(5)11(16)20-7(3)13(14,15)22(18)19/h4,7,22H,1-3H3. The number of esters is 2. The maximum absolute atomic E-state index is 13.3. The van der Waals surface area contributed by atoms with Gasteiger partial charge in [-0.25, -0.2) is 18.0 Å². The number of fused-ring (bicyclic) bond motifs is 2. The van der Waals surface area contributed by atoms with E-state index in [0.29, 0.717) is 11.1 Å². The number of carbonyl (C=O) groups excluding carboxylic acids is 2. The quantitative estimate of drug-likeness (QED) is 0.665. The van der Waals surface area contributed by atoms with Crippen molar-refractivity contribution in [3.05, 3.63) is 28.3 Å². The summed E-state index contributed by atoms with van der Waals surface area (Å²) in [6.45, 7) is 3.79. The molecule has 0 aromatic heterocycles. The summed E-state index contributed by atoms with van der Waals surface area (Å²) in [4.78, 5) is 23.8. The van der Waals surface area contributed by atoms with Crippen LogP contribution in [0, 0.1) is 13.8 Å². The van der Waals surface area contributed by atoms with Gasteiger partial charge in [-0.1, -0.05) is 0 Å². The van der Waals surface area contributed by atoms with Gasteiger partial charge in [-0.05, 0) is 32.4 Å². The lowest BCUT2D eigenvalue weighted by atomic mass is 9.98. The van der Waals surface area contributed by atoms with Crippen molar-refractivity contribution in [2.45, 2.75) is 32.1 Å². The van der Waals surface area contributed by atoms with Gasteiger partial charge in [0.05, 0.1) is 11.1 Å². The molecule has 0 spiro atoms. The number of rotatable bonds is 4. The molecule has 2 rings (SSSR count). The number of alkyl halides is 2. The van der Waals surface area contributed by atoms with Crippen LogP contribution in [0.5, 0.6) is 5.75 Å². The van der Waals surface area contributed by atoms with Gasteiger partial charge in [-0.3, -0.25) is 0 Å². The molecule has 0 radical (unpaired) electrons. The Hall–Kier alpha value is -2.03. The number of benzene rings is 1. The molecular formula is C13H12F2O6S. The summed E-state index contributed by atoms with van der Waals surface area (Å²) < 4.78 is 57.1. The van der Waals surface area contributed by atoms with Gasteiger partial charge in [0, 0.05) is 5.56 Å². The molecule has 0 aliphatic carbocycles. The Kier molecular flexibility index (Phi) is 3.94. The molecule has 2 bridgehead atoms. The smallest absolute Gasteiger partial charge is 0.378 e. The van der Waals surface area contributed by atoms with Gasteiger partial charge >= 0.3 is 17.2 Å². The van der Waals surface area contributed by atoms with Crippen molar-refractivity contribution in [3.63, 3.8) is 0 Å². The first-order valence-corrected chi connectivity index (χ1v) is 7.34. The molecule has 1 aliphatic rings. The molecule has 1 aromatic rings. The molecule has 1 atom stereocenters. The van der Waals surface area contributed by atoms with Crippen molar-refractivity contribution in [1.82, 2.24) is 0 Å². The summed E-state index contributed by atoms with van der Waals surface area (Å²) in [5, 5.41) is -4.20. The number of carbonyl (C=O) groups is 2. The summed E-state index contributed by atoms with van der Waals surface area (Å²) in [5.74, 6) is -1.69. The van der Waals surface area contributed by atoms with Crippen LogP contribution in [-0.4, -0.2) is 31.7 Å². The molecular weight excluding hydrogens is 322 g/mol. The van der Waals surface area contributed by atoms with Crippen LogP contribution in [0.15, 0.2) is 6.07 Å². The van der Waals surface area contributed by atoms with E-state index in [1.807, 2.05) is 0 Å². The lowest BCUT2D eigenvalue weighted by Crippen LogP contribution is -2.36. The fourth-order valence-electron chi connectivity index (χ4n) is 2.10. The molecule has 1 aromatic carbocycles. The molecule has 120 valence electrons. The summed E-state index contributed by atoms with van der Waals surface area (Å²) in [6.07, 6.45) is -2.19. The number of hydrogen-bond acceptors (Lipinski definition) is 6. The molecule has 9 heteroatoms. The molecule has 6 nitrogen and oxygen atoms in total. The van der Waals surface area contributed by atoms with Crippen molar-refractivity contribution >= 4 is 22.6 Å². The van der Waals surface area contributed by atoms with Crippen molar-refractivity contribution < 1.29 is 36.3 Å². The zero-order chi connectivity index (χ0) is 16.8. The zero-order valence-electron chi connectivity index (χ0n) is 11.8. The monoisotopic (exact) mass is 334 g/mol. The van der Waals surface area contributed by atoms with Crippen LogP contribution in [0.3, 0.4) is 0 Å². The lowest BCUT2D eigenvalue weighted by molar-refractivity contribution is -0.0489. The van der Waals surface area contributed by atoms with Crippen LogP contribution >= 0.6 is 0 Å². The van der Waals surface area contributed by atoms with Crippen LogP contribution in [-0.2, 0) is 15.4 Å². The Morgan fingerprint density at radius 2 is 1.95 bits per heavy atom. The fourth-order valence-corrected chi connectivity index (χ4v) is 2.45. The third kappa shape index (κ3) is 2.45. The van der Waals surface area contributed by atoms with Crippen LogP contribution in [0.4, 0.5) is 8.78 Å². The van der Waals surface area contributed by atoms with Crippen molar-refractivity contribution in [1.29, 1.82) is 0 Å². The second-order valence-corrected chi connectivity index (χ2v) is 5.96. The van der Waals surface area contributed by atoms with E-state index in [-0.39, 0.29) is 16.9 Å². The van der Waals surface area contributed by atoms with Gasteiger partial charge in [-0.15, -0.1) is 0 Å². The van der Waals surface area contributed by atoms with Gasteiger partial charge in [0.15, 0.2) is 6.10 Å². The van der Waals surface area contributed by atoms with Crippen LogP contribution in [0.2, 0.25) is 0 Å². The van der Waals surface area contributed by atoms with E-state index >= 15 is 0 Å². The lowest BCUT2D eigenvalue weighted by Gasteiger charge is -2.19. The van der Waals surface area contributed by atoms with Gasteiger partial charge in [0.1, 0.15) is 5.75 Å². The third-order valence-corrected chi connectivity index (χ3v) is 4.21. The normalized spacial score (nSPS) is 14.9. The Bertz CT molecular complexity index is 745. The minimum absolute atomic E-state index is 0.0537. The van der Waals surface area contributed by atoms with Crippen LogP contribution < -0.4 is 4.74 Å². The number of hydrogen-bond donors (Lipinski definition) is 1. The average molecular weight is 334 g/mol. The number of halogens is 2. The van der Waals surface area contributed by atoms with Crippen molar-refractivity contribution in [2.24, 2.45) is 0 Å². The van der Waals surface area contributed by atoms with Crippen molar-refractivity contribution in [3.8, 4) is 5.75 Å². The summed E-state index contributed by atoms with van der Waals surface area (Å²) >= 11 is 0. The zero-order valence-corrected chi connectivity index (χ0v) is 12.7. The Labute approximate surface area is 126 Å². The van der Waals surface area contributed by atoms with E-state index in [9.17, 15) is 26.8 Å². The minimum Gasteiger partial charge on any atom is -0.451 e. The first-order chi connectivity index (χ1) is 10.1. The Morgan fingerprint density at radius 3 is 2.50 bits per heavy atom. The second kappa shape index (κ2) is 5.31. The van der Waals surface area contributed by atoms with E-state index in [0.717, 1.165) is 6.92 Å². The fraction of sp³-hybridized carbons (Fsp3) is 0.385. The third-order valence-electron chi connectivity index (χ3n) is 3.36. The largest absolute Gasteiger partial charge is 0.451 e. The molecule has 22 heavy (non-hydrogen) atoms. The molecule has 1 unspecified atom stereocenters. The molecule has 0 N–H and O–H groups in total. The first-order valence-electron chi connectivity index (χ1n) is 6.17. The highest BCUT2D eigenvalue weighted by Crippen LogP contribution is 2.35. The molecule has 0 saturated heterocycles. The van der Waals surface area contributed by atoms with Crippen LogP contribution in [0.25, 0.3) is 0 Å². The molecule has 0 amide bonds. The van der Waals surface area contributed by atoms with E-state index in [2.05, 4.69) is 4.74 Å². The maximum atomic E-state index is 13.3. The van der Waals surface area contributed by atoms with Gasteiger partial charge < -0.3 is 9.47 Å². The molecule has 1 aliphatic heterocycles. The molecule has 0 fully saturated rings. The van der Waals surface area contributed by atoms with E-state index in [1.54, 1.807) is 6.92 Å². The highest BCUT2D eigenvalue weighted by Gasteiger charge is 2.44. The molecule has 1 heterocycles. The van der Waals surface area contributed by atoms with Gasteiger partial charge in [0.2, 0.25) is 10.7 Å². The maximum Gasteiger partial charge on any atom is 0.378 e. The Balaban J connectivity index is 2.38. The SMILES string of the molecule is Cc1cc2c(C)c(c1C(=O)OC(C)C(F)(F)[SH](=O)=O)C(=O)O2. The highest BCUT2D eigenvalue weighted by molar-refractivity contribution is 7.73. The number of ether oxygens (including phenoxy) is 2. The summed E-state index contributed by atoms with van der Waals surface area (Å²) in [5.41, 5.74) is 0.458. The second-order valence-electron chi connectivity index (χ2n) is 4.85. The topological polar surface area (TPSA) is 86.7 Å². The number of thiol groups is 1. The highest BCUT2D eigenvalue weighted by atomic mass is 32.2. The Morgan fingerprint density at radius 1 is 1.36 bits per heavy atom. The van der Waals surface area contributed by atoms with E-state index in [4.69, 9.17) is 4.74 Å². The van der Waals surface area contributed by atoms with E-state index < -0.39 is 34.0 Å². The predicted octanol–water partition coefficient (Wildman–Crippen LogP) is 1.59. The molecule has 0 saturated carbocycles. The van der Waals surface area contributed by atoms with E-state index in [1.165, 1.54) is 13.0 Å². The average Bonchev–Trinajstić information content (AvgIpc) is 2.58. The van der Waals surface area contributed by atoms with Gasteiger partial charge in [0.25, 0.3) is 0 Å². The minimum atomic E-state index is -4.20. The summed E-state index contributed by atoms with van der Waals surface area (Å²) in [6, 6.07) is 1.41. The first kappa shape index (κ1) is 16.3. The van der Waals surface area contributed by atoms with Crippen molar-refractivity contribution in [2.75, 3.05) is 0 Å². The summed E-state index contributed by atoms with van der Waals surface area (Å²) in [7, 11) is -4.11. The van der Waals surface area contributed by atoms with Crippen LogP contribution in [0.1, 0.15) is 38.8 Å². The van der Waals surface area contributed by atoms with Gasteiger partial charge in [-0.2, -0.15) is 8.78 Å². The number of aryl methyl sites for hydroxylation is 1. The predicted molar refractivity (Wildman–Crippen MR) is 71.0 cm³/mol.